The summed E-state index contributed by atoms with van der Waals surface area (Å²) in [7, 11) is 0. The van der Waals surface area contributed by atoms with Crippen LogP contribution in [-0.4, -0.2) is 33.4 Å². The number of carbonyl (C=O) groups is 1. The summed E-state index contributed by atoms with van der Waals surface area (Å²) in [6.45, 7) is 1.28. The van der Waals surface area contributed by atoms with E-state index in [0.29, 0.717) is 16.4 Å². The van der Waals surface area contributed by atoms with Crippen LogP contribution < -0.4 is 10.2 Å². The average Bonchev–Trinajstić information content (AvgIpc) is 3.01. The van der Waals surface area contributed by atoms with Crippen LogP contribution in [0.5, 0.6) is 5.75 Å². The largest absolute Gasteiger partial charge is 0.477 e. The monoisotopic (exact) mass is 447 g/mol. The Bertz CT molecular complexity index is 1120. The van der Waals surface area contributed by atoms with Crippen LogP contribution in [0.4, 0.5) is 5.69 Å². The van der Waals surface area contributed by atoms with Crippen molar-refractivity contribution in [1.82, 2.24) is 15.2 Å². The SMILES string of the molecule is Cc1nn(-c2ccccc2)c(Cl)c1C=NNC(=O)COc1ccc(Cl)cc1[N+](=O)[O-]. The molecular formula is C19H15Cl2N5O4. The molecule has 9 nitrogen and oxygen atoms in total. The highest BCUT2D eigenvalue weighted by Crippen LogP contribution is 2.29. The number of rotatable bonds is 7. The lowest BCUT2D eigenvalue weighted by atomic mass is 10.3. The normalized spacial score (nSPS) is 10.9. The standard InChI is InChI=1S/C19H15Cl2N5O4/c1-12-15(19(21)25(24-12)14-5-3-2-4-6-14)10-22-23-18(27)11-30-17-8-7-13(20)9-16(17)26(28)29/h2-10H,11H2,1H3,(H,23,27). The van der Waals surface area contributed by atoms with Gasteiger partial charge in [-0.3, -0.25) is 14.9 Å². The van der Waals surface area contributed by atoms with E-state index in [1.165, 1.54) is 18.3 Å². The van der Waals surface area contributed by atoms with Gasteiger partial charge < -0.3 is 4.74 Å². The van der Waals surface area contributed by atoms with Crippen molar-refractivity contribution in [2.45, 2.75) is 6.92 Å². The summed E-state index contributed by atoms with van der Waals surface area (Å²) in [5, 5.41) is 19.8. The van der Waals surface area contributed by atoms with Gasteiger partial charge in [0.25, 0.3) is 5.91 Å². The molecule has 0 aliphatic rings. The third-order valence-electron chi connectivity index (χ3n) is 3.91. The number of nitrogens with one attached hydrogen (secondary N) is 1. The first kappa shape index (κ1) is 21.3. The van der Waals surface area contributed by atoms with Crippen molar-refractivity contribution < 1.29 is 14.5 Å². The number of benzene rings is 2. The van der Waals surface area contributed by atoms with Gasteiger partial charge in [0.15, 0.2) is 12.4 Å². The number of halogens is 2. The van der Waals surface area contributed by atoms with Gasteiger partial charge in [-0.25, -0.2) is 10.1 Å². The third kappa shape index (κ3) is 4.94. The van der Waals surface area contributed by atoms with Gasteiger partial charge in [-0.05, 0) is 31.2 Å². The molecule has 0 radical (unpaired) electrons. The molecule has 0 aliphatic heterocycles. The number of amides is 1. The molecule has 3 aromatic rings. The maximum Gasteiger partial charge on any atom is 0.312 e. The molecule has 0 bridgehead atoms. The first-order valence-electron chi connectivity index (χ1n) is 8.56. The van der Waals surface area contributed by atoms with Crippen LogP contribution in [-0.2, 0) is 4.79 Å². The molecular weight excluding hydrogens is 433 g/mol. The van der Waals surface area contributed by atoms with E-state index in [2.05, 4.69) is 15.6 Å². The van der Waals surface area contributed by atoms with Crippen molar-refractivity contribution in [2.75, 3.05) is 6.61 Å². The van der Waals surface area contributed by atoms with E-state index >= 15 is 0 Å². The summed E-state index contributed by atoms with van der Waals surface area (Å²) in [4.78, 5) is 22.3. The average molecular weight is 448 g/mol. The van der Waals surface area contributed by atoms with Crippen LogP contribution >= 0.6 is 23.2 Å². The molecule has 0 spiro atoms. The Labute approximate surface area is 181 Å². The molecule has 1 N–H and O–H groups in total. The van der Waals surface area contributed by atoms with Gasteiger partial charge in [-0.2, -0.15) is 10.2 Å². The molecule has 1 heterocycles. The predicted molar refractivity (Wildman–Crippen MR) is 113 cm³/mol. The Kier molecular flexibility index (Phi) is 6.65. The lowest BCUT2D eigenvalue weighted by Crippen LogP contribution is -2.24. The highest BCUT2D eigenvalue weighted by molar-refractivity contribution is 6.32. The minimum absolute atomic E-state index is 0.0773. The van der Waals surface area contributed by atoms with Gasteiger partial charge in [-0.15, -0.1) is 0 Å². The number of aromatic nitrogens is 2. The fraction of sp³-hybridized carbons (Fsp3) is 0.105. The maximum atomic E-state index is 12.0. The first-order valence-corrected chi connectivity index (χ1v) is 9.31. The number of hydrogen-bond acceptors (Lipinski definition) is 6. The number of nitro groups is 1. The number of hydrogen-bond donors (Lipinski definition) is 1. The fourth-order valence-electron chi connectivity index (χ4n) is 2.50. The van der Waals surface area contributed by atoms with E-state index in [1.807, 2.05) is 30.3 Å². The second kappa shape index (κ2) is 9.38. The smallest absolute Gasteiger partial charge is 0.312 e. The van der Waals surface area contributed by atoms with Crippen LogP contribution in [0.3, 0.4) is 0 Å². The topological polar surface area (TPSA) is 112 Å². The summed E-state index contributed by atoms with van der Waals surface area (Å²) in [5.41, 5.74) is 3.88. The minimum Gasteiger partial charge on any atom is -0.477 e. The third-order valence-corrected chi connectivity index (χ3v) is 4.51. The van der Waals surface area contributed by atoms with E-state index in [9.17, 15) is 14.9 Å². The van der Waals surface area contributed by atoms with E-state index in [4.69, 9.17) is 27.9 Å². The van der Waals surface area contributed by atoms with Crippen molar-refractivity contribution >= 4 is 41.0 Å². The molecule has 0 aliphatic carbocycles. The van der Waals surface area contributed by atoms with Gasteiger partial charge in [0.2, 0.25) is 0 Å². The quantitative estimate of drug-likeness (QED) is 0.335. The molecule has 3 rings (SSSR count). The number of hydrazone groups is 1. The van der Waals surface area contributed by atoms with E-state index in [1.54, 1.807) is 11.6 Å². The minimum atomic E-state index is -0.646. The lowest BCUT2D eigenvalue weighted by molar-refractivity contribution is -0.385. The molecule has 1 aromatic heterocycles. The molecule has 0 saturated heterocycles. The molecule has 0 fully saturated rings. The van der Waals surface area contributed by atoms with Crippen LogP contribution in [0, 0.1) is 17.0 Å². The Morgan fingerprint density at radius 3 is 2.73 bits per heavy atom. The highest BCUT2D eigenvalue weighted by atomic mass is 35.5. The molecule has 30 heavy (non-hydrogen) atoms. The summed E-state index contributed by atoms with van der Waals surface area (Å²) >= 11 is 12.1. The van der Waals surface area contributed by atoms with E-state index in [0.717, 1.165) is 11.8 Å². The molecule has 2 aromatic carbocycles. The Hall–Kier alpha value is -3.43. The molecule has 0 saturated carbocycles. The zero-order chi connectivity index (χ0) is 21.7. The molecule has 11 heteroatoms. The lowest BCUT2D eigenvalue weighted by Gasteiger charge is -2.06. The second-order valence-corrected chi connectivity index (χ2v) is 6.78. The first-order chi connectivity index (χ1) is 14.4. The number of aryl methyl sites for hydroxylation is 1. The van der Waals surface area contributed by atoms with Gasteiger partial charge >= 0.3 is 5.69 Å². The van der Waals surface area contributed by atoms with Crippen molar-refractivity contribution in [2.24, 2.45) is 5.10 Å². The number of ether oxygens (including phenoxy) is 1. The highest BCUT2D eigenvalue weighted by Gasteiger charge is 2.17. The van der Waals surface area contributed by atoms with Crippen molar-refractivity contribution in [1.29, 1.82) is 0 Å². The fourth-order valence-corrected chi connectivity index (χ4v) is 2.99. The second-order valence-electron chi connectivity index (χ2n) is 5.99. The molecule has 0 unspecified atom stereocenters. The van der Waals surface area contributed by atoms with Crippen molar-refractivity contribution in [3.63, 3.8) is 0 Å². The van der Waals surface area contributed by atoms with Gasteiger partial charge in [0.1, 0.15) is 5.15 Å². The van der Waals surface area contributed by atoms with Gasteiger partial charge in [0.05, 0.1) is 28.1 Å². The summed E-state index contributed by atoms with van der Waals surface area (Å²) in [5.74, 6) is -0.689. The van der Waals surface area contributed by atoms with E-state index < -0.39 is 17.4 Å². The van der Waals surface area contributed by atoms with Crippen LogP contribution in [0.2, 0.25) is 10.2 Å². The van der Waals surface area contributed by atoms with Crippen LogP contribution in [0.1, 0.15) is 11.3 Å². The molecule has 154 valence electrons. The van der Waals surface area contributed by atoms with Crippen LogP contribution in [0.15, 0.2) is 53.6 Å². The summed E-state index contributed by atoms with van der Waals surface area (Å²) < 4.78 is 6.76. The van der Waals surface area contributed by atoms with Gasteiger partial charge in [-0.1, -0.05) is 41.4 Å². The Balaban J connectivity index is 1.63. The molecule has 0 atom stereocenters. The van der Waals surface area contributed by atoms with Crippen molar-refractivity contribution in [3.05, 3.63) is 80.1 Å². The predicted octanol–water partition coefficient (Wildman–Crippen LogP) is 3.92. The Morgan fingerprint density at radius 2 is 2.03 bits per heavy atom. The zero-order valence-corrected chi connectivity index (χ0v) is 17.1. The maximum absolute atomic E-state index is 12.0. The number of nitro benzene ring substituents is 1. The summed E-state index contributed by atoms with van der Waals surface area (Å²) in [6, 6.07) is 13.2. The number of nitrogens with zero attached hydrogens (tertiary/aromatic N) is 4. The number of carbonyl (C=O) groups excluding carboxylic acids is 1. The summed E-state index contributed by atoms with van der Waals surface area (Å²) in [6.07, 6.45) is 1.37. The van der Waals surface area contributed by atoms with Crippen LogP contribution in [0.25, 0.3) is 5.69 Å². The number of para-hydroxylation sites is 1. The van der Waals surface area contributed by atoms with E-state index in [-0.39, 0.29) is 16.5 Å². The van der Waals surface area contributed by atoms with Crippen molar-refractivity contribution in [3.8, 4) is 11.4 Å². The Morgan fingerprint density at radius 1 is 1.30 bits per heavy atom. The molecule has 1 amide bonds. The van der Waals surface area contributed by atoms with Gasteiger partial charge in [0, 0.05) is 11.1 Å². The zero-order valence-electron chi connectivity index (χ0n) is 15.6.